The lowest BCUT2D eigenvalue weighted by Gasteiger charge is -2.20. The van der Waals surface area contributed by atoms with Gasteiger partial charge in [0.2, 0.25) is 5.91 Å². The second kappa shape index (κ2) is 6.14. The van der Waals surface area contributed by atoms with Gasteiger partial charge < -0.3 is 10.0 Å². The maximum Gasteiger partial charge on any atom is 0.305 e. The number of nitrogens with zero attached hydrogens (tertiary/aromatic N) is 2. The fraction of sp³-hybridized carbons (Fsp3) is 0.273. The van der Waals surface area contributed by atoms with Crippen LogP contribution in [0.25, 0.3) is 0 Å². The molecule has 0 spiro atoms. The van der Waals surface area contributed by atoms with Gasteiger partial charge in [0, 0.05) is 19.5 Å². The first-order chi connectivity index (χ1) is 8.82. The summed E-state index contributed by atoms with van der Waals surface area (Å²) in [4.78, 5) is 33.2. The van der Waals surface area contributed by atoms with Crippen molar-refractivity contribution in [2.45, 2.75) is 13.3 Å². The minimum atomic E-state index is -1.06. The Morgan fingerprint density at radius 1 is 1.47 bits per heavy atom. The van der Waals surface area contributed by atoms with Gasteiger partial charge in [0.25, 0.3) is 5.69 Å². The number of amides is 1. The van der Waals surface area contributed by atoms with Crippen LogP contribution < -0.4 is 4.90 Å². The van der Waals surface area contributed by atoms with Crippen molar-refractivity contribution in [3.8, 4) is 0 Å². The maximum absolute atomic E-state index is 11.5. The fourth-order valence-corrected chi connectivity index (χ4v) is 1.67. The number of nitro benzene ring substituents is 1. The van der Waals surface area contributed by atoms with E-state index in [-0.39, 0.29) is 29.4 Å². The van der Waals surface area contributed by atoms with E-state index in [9.17, 15) is 19.7 Å². The van der Waals surface area contributed by atoms with Crippen molar-refractivity contribution in [1.29, 1.82) is 0 Å². The number of carboxylic acid groups (broad SMARTS) is 1. The van der Waals surface area contributed by atoms with Crippen molar-refractivity contribution < 1.29 is 19.6 Å². The first-order valence-electron chi connectivity index (χ1n) is 5.26. The number of rotatable bonds is 5. The van der Waals surface area contributed by atoms with Gasteiger partial charge in [-0.05, 0) is 12.1 Å². The highest BCUT2D eigenvalue weighted by Gasteiger charge is 2.18. The average Bonchev–Trinajstić information content (AvgIpc) is 2.30. The molecule has 1 aromatic carbocycles. The number of aliphatic carboxylic acids is 1. The van der Waals surface area contributed by atoms with E-state index in [1.165, 1.54) is 19.1 Å². The molecule has 0 aliphatic heterocycles. The second-order valence-electron chi connectivity index (χ2n) is 3.71. The van der Waals surface area contributed by atoms with Gasteiger partial charge in [-0.15, -0.1) is 0 Å². The summed E-state index contributed by atoms with van der Waals surface area (Å²) in [6.07, 6.45) is -0.254. The van der Waals surface area contributed by atoms with Crippen molar-refractivity contribution in [1.82, 2.24) is 0 Å². The van der Waals surface area contributed by atoms with Gasteiger partial charge in [-0.2, -0.15) is 0 Å². The molecule has 0 aromatic heterocycles. The number of halogens is 1. The van der Waals surface area contributed by atoms with Gasteiger partial charge in [0.1, 0.15) is 5.02 Å². The molecule has 7 nitrogen and oxygen atoms in total. The summed E-state index contributed by atoms with van der Waals surface area (Å²) in [6, 6.07) is 3.87. The third-order valence-electron chi connectivity index (χ3n) is 2.37. The predicted octanol–water partition coefficient (Wildman–Crippen LogP) is 2.08. The molecule has 1 amide bonds. The molecule has 0 saturated heterocycles. The lowest BCUT2D eigenvalue weighted by molar-refractivity contribution is -0.384. The molecule has 0 bridgehead atoms. The van der Waals surface area contributed by atoms with Crippen LogP contribution in [0.15, 0.2) is 18.2 Å². The summed E-state index contributed by atoms with van der Waals surface area (Å²) in [6.45, 7) is 1.19. The zero-order valence-electron chi connectivity index (χ0n) is 10.00. The van der Waals surface area contributed by atoms with E-state index in [0.717, 1.165) is 11.0 Å². The molecule has 0 aliphatic carbocycles. The van der Waals surface area contributed by atoms with Crippen LogP contribution in [-0.2, 0) is 9.59 Å². The molecule has 8 heteroatoms. The van der Waals surface area contributed by atoms with E-state index in [4.69, 9.17) is 16.7 Å². The van der Waals surface area contributed by atoms with E-state index in [0.29, 0.717) is 0 Å². The Kier molecular flexibility index (Phi) is 4.82. The van der Waals surface area contributed by atoms with Crippen LogP contribution in [-0.4, -0.2) is 28.5 Å². The van der Waals surface area contributed by atoms with Crippen molar-refractivity contribution in [3.63, 3.8) is 0 Å². The monoisotopic (exact) mass is 286 g/mol. The highest BCUT2D eigenvalue weighted by atomic mass is 35.5. The normalized spacial score (nSPS) is 10.0. The number of carbonyl (C=O) groups is 2. The summed E-state index contributed by atoms with van der Waals surface area (Å²) in [5.41, 5.74) is -0.0920. The maximum atomic E-state index is 11.5. The molecular weight excluding hydrogens is 276 g/mol. The lowest BCUT2D eigenvalue weighted by Crippen LogP contribution is -2.30. The zero-order valence-corrected chi connectivity index (χ0v) is 10.8. The predicted molar refractivity (Wildman–Crippen MR) is 68.4 cm³/mol. The molecule has 1 N–H and O–H groups in total. The Hall–Kier alpha value is -2.15. The molecule has 1 aromatic rings. The lowest BCUT2D eigenvalue weighted by atomic mass is 10.2. The van der Waals surface area contributed by atoms with Crippen LogP contribution in [0.2, 0.25) is 5.02 Å². The fourth-order valence-electron chi connectivity index (χ4n) is 1.48. The summed E-state index contributed by atoms with van der Waals surface area (Å²) in [5.74, 6) is -1.47. The largest absolute Gasteiger partial charge is 0.481 e. The smallest absolute Gasteiger partial charge is 0.305 e. The molecule has 0 unspecified atom stereocenters. The third kappa shape index (κ3) is 3.92. The average molecular weight is 287 g/mol. The molecule has 102 valence electrons. The number of hydrogen-bond acceptors (Lipinski definition) is 4. The number of hydrogen-bond donors (Lipinski definition) is 1. The first-order valence-corrected chi connectivity index (χ1v) is 5.64. The van der Waals surface area contributed by atoms with Gasteiger partial charge >= 0.3 is 5.97 Å². The Morgan fingerprint density at radius 2 is 2.11 bits per heavy atom. The van der Waals surface area contributed by atoms with Crippen molar-refractivity contribution in [3.05, 3.63) is 33.3 Å². The Labute approximate surface area is 113 Å². The van der Waals surface area contributed by atoms with E-state index < -0.39 is 16.8 Å². The molecule has 0 atom stereocenters. The molecule has 0 aliphatic rings. The Bertz CT molecular complexity index is 532. The second-order valence-corrected chi connectivity index (χ2v) is 4.11. The van der Waals surface area contributed by atoms with Crippen LogP contribution in [0, 0.1) is 10.1 Å². The number of benzene rings is 1. The number of carbonyl (C=O) groups excluding carboxylic acids is 1. The Balaban J connectivity index is 3.09. The first kappa shape index (κ1) is 14.9. The van der Waals surface area contributed by atoms with E-state index in [2.05, 4.69) is 0 Å². The van der Waals surface area contributed by atoms with Gasteiger partial charge in [-0.25, -0.2) is 0 Å². The molecular formula is C11H11ClN2O5. The van der Waals surface area contributed by atoms with Crippen molar-refractivity contribution >= 4 is 34.9 Å². The molecule has 1 rings (SSSR count). The standard InChI is InChI=1S/C11H11ClN2O5/c1-7(15)13(5-4-11(16)17)8-2-3-9(12)10(6-8)14(18)19/h2-3,6H,4-5H2,1H3,(H,16,17). The van der Waals surface area contributed by atoms with Gasteiger partial charge in [0.05, 0.1) is 17.0 Å². The van der Waals surface area contributed by atoms with Crippen molar-refractivity contribution in [2.24, 2.45) is 0 Å². The minimum absolute atomic E-state index is 0.0458. The number of carboxylic acids is 1. The SMILES string of the molecule is CC(=O)N(CCC(=O)O)c1ccc(Cl)c([N+](=O)[O-])c1. The quantitative estimate of drug-likeness (QED) is 0.659. The van der Waals surface area contributed by atoms with E-state index in [1.54, 1.807) is 0 Å². The third-order valence-corrected chi connectivity index (χ3v) is 2.69. The van der Waals surface area contributed by atoms with E-state index >= 15 is 0 Å². The summed E-state index contributed by atoms with van der Waals surface area (Å²) in [5, 5.41) is 19.3. The van der Waals surface area contributed by atoms with Gasteiger partial charge in [-0.3, -0.25) is 19.7 Å². The van der Waals surface area contributed by atoms with Crippen LogP contribution in [0.3, 0.4) is 0 Å². The minimum Gasteiger partial charge on any atom is -0.481 e. The van der Waals surface area contributed by atoms with Crippen LogP contribution in [0.5, 0.6) is 0 Å². The topological polar surface area (TPSA) is 101 Å². The molecule has 0 radical (unpaired) electrons. The zero-order chi connectivity index (χ0) is 14.6. The molecule has 19 heavy (non-hydrogen) atoms. The van der Waals surface area contributed by atoms with Crippen LogP contribution in [0.4, 0.5) is 11.4 Å². The van der Waals surface area contributed by atoms with Crippen LogP contribution >= 0.6 is 11.6 Å². The van der Waals surface area contributed by atoms with Gasteiger partial charge in [-0.1, -0.05) is 11.6 Å². The number of anilines is 1. The summed E-state index contributed by atoms with van der Waals surface area (Å²) in [7, 11) is 0. The van der Waals surface area contributed by atoms with E-state index in [1.807, 2.05) is 0 Å². The number of nitro groups is 1. The van der Waals surface area contributed by atoms with Crippen molar-refractivity contribution in [2.75, 3.05) is 11.4 Å². The summed E-state index contributed by atoms with van der Waals surface area (Å²) < 4.78 is 0. The molecule has 0 saturated carbocycles. The Morgan fingerprint density at radius 3 is 2.58 bits per heavy atom. The summed E-state index contributed by atoms with van der Waals surface area (Å²) >= 11 is 5.66. The van der Waals surface area contributed by atoms with Gasteiger partial charge in [0.15, 0.2) is 0 Å². The molecule has 0 fully saturated rings. The highest BCUT2D eigenvalue weighted by Crippen LogP contribution is 2.29. The van der Waals surface area contributed by atoms with Crippen LogP contribution in [0.1, 0.15) is 13.3 Å². The highest BCUT2D eigenvalue weighted by molar-refractivity contribution is 6.32. The molecule has 0 heterocycles.